The molecule has 26 heavy (non-hydrogen) atoms. The van der Waals surface area contributed by atoms with Crippen molar-refractivity contribution in [1.29, 1.82) is 0 Å². The van der Waals surface area contributed by atoms with Crippen LogP contribution in [0.5, 0.6) is 0 Å². The number of hydrogen-bond donors (Lipinski definition) is 1. The van der Waals surface area contributed by atoms with Crippen molar-refractivity contribution in [3.63, 3.8) is 0 Å². The molecule has 8 heteroatoms. The molecule has 0 atom stereocenters. The second kappa shape index (κ2) is 6.83. The molecule has 2 aromatic carbocycles. The van der Waals surface area contributed by atoms with Crippen molar-refractivity contribution in [2.45, 2.75) is 13.0 Å². The van der Waals surface area contributed by atoms with Crippen LogP contribution in [0.1, 0.15) is 16.1 Å². The second-order valence-corrected chi connectivity index (χ2v) is 5.61. The molecule has 0 saturated heterocycles. The average Bonchev–Trinajstić information content (AvgIpc) is 2.59. The van der Waals surface area contributed by atoms with Gasteiger partial charge in [-0.1, -0.05) is 24.3 Å². The van der Waals surface area contributed by atoms with Crippen LogP contribution in [-0.2, 0) is 17.8 Å². The summed E-state index contributed by atoms with van der Waals surface area (Å²) in [6.45, 7) is -0.527. The lowest BCUT2D eigenvalue weighted by Gasteiger charge is -2.09. The summed E-state index contributed by atoms with van der Waals surface area (Å²) in [4.78, 5) is 36.0. The normalized spacial score (nSPS) is 10.8. The highest BCUT2D eigenvalue weighted by Gasteiger charge is 2.17. The van der Waals surface area contributed by atoms with E-state index >= 15 is 0 Å². The summed E-state index contributed by atoms with van der Waals surface area (Å²) in [6, 6.07) is 8.85. The first kappa shape index (κ1) is 17.4. The topological polar surface area (TPSA) is 89.3 Å². The standard InChI is InChI=1S/C18H12F2N2O4/c19-11-6-5-10(15(20)8-11)7-12(23)9-22-17(24)14-4-2-1-3-13(14)16(21-22)18(25)26/h1-6,8H,7,9H2,(H,25,26). The Bertz CT molecular complexity index is 1090. The number of nitrogens with zero attached hydrogens (tertiary/aromatic N) is 2. The number of halogens is 2. The summed E-state index contributed by atoms with van der Waals surface area (Å²) in [5.74, 6) is -3.55. The number of aromatic nitrogens is 2. The minimum absolute atomic E-state index is 0.0244. The van der Waals surface area contributed by atoms with Gasteiger partial charge in [-0.2, -0.15) is 5.10 Å². The van der Waals surface area contributed by atoms with Crippen LogP contribution in [0.2, 0.25) is 0 Å². The Balaban J connectivity index is 1.95. The largest absolute Gasteiger partial charge is 0.476 e. The van der Waals surface area contributed by atoms with Gasteiger partial charge in [-0.25, -0.2) is 18.3 Å². The van der Waals surface area contributed by atoms with Crippen LogP contribution in [0.25, 0.3) is 10.8 Å². The molecule has 1 N–H and O–H groups in total. The summed E-state index contributed by atoms with van der Waals surface area (Å²) >= 11 is 0. The highest BCUT2D eigenvalue weighted by atomic mass is 19.1. The van der Waals surface area contributed by atoms with Crippen molar-refractivity contribution in [3.05, 3.63) is 75.7 Å². The Morgan fingerprint density at radius 3 is 2.42 bits per heavy atom. The van der Waals surface area contributed by atoms with E-state index in [1.165, 1.54) is 12.1 Å². The molecule has 6 nitrogen and oxygen atoms in total. The van der Waals surface area contributed by atoms with Gasteiger partial charge in [0.05, 0.1) is 5.39 Å². The number of hydrogen-bond acceptors (Lipinski definition) is 4. The molecule has 0 bridgehead atoms. The maximum Gasteiger partial charge on any atom is 0.357 e. The predicted molar refractivity (Wildman–Crippen MR) is 88.0 cm³/mol. The monoisotopic (exact) mass is 358 g/mol. The number of aromatic carboxylic acids is 1. The molecule has 132 valence electrons. The first-order chi connectivity index (χ1) is 12.4. The Kier molecular flexibility index (Phi) is 4.57. The van der Waals surface area contributed by atoms with Crippen LogP contribution >= 0.6 is 0 Å². The van der Waals surface area contributed by atoms with E-state index in [1.54, 1.807) is 12.1 Å². The third kappa shape index (κ3) is 3.34. The lowest BCUT2D eigenvalue weighted by atomic mass is 10.1. The van der Waals surface area contributed by atoms with Crippen LogP contribution in [0.3, 0.4) is 0 Å². The van der Waals surface area contributed by atoms with Crippen LogP contribution in [-0.4, -0.2) is 26.6 Å². The molecule has 0 aliphatic rings. The molecular weight excluding hydrogens is 346 g/mol. The Morgan fingerprint density at radius 2 is 1.77 bits per heavy atom. The molecule has 0 radical (unpaired) electrons. The van der Waals surface area contributed by atoms with Gasteiger partial charge in [-0.3, -0.25) is 9.59 Å². The number of carbonyl (C=O) groups excluding carboxylic acids is 1. The van der Waals surface area contributed by atoms with Gasteiger partial charge < -0.3 is 5.11 Å². The minimum atomic E-state index is -1.34. The molecule has 0 amide bonds. The van der Waals surface area contributed by atoms with E-state index in [1.807, 2.05) is 0 Å². The van der Waals surface area contributed by atoms with Crippen LogP contribution < -0.4 is 5.56 Å². The lowest BCUT2D eigenvalue weighted by molar-refractivity contribution is -0.119. The average molecular weight is 358 g/mol. The van der Waals surface area contributed by atoms with E-state index in [0.29, 0.717) is 6.07 Å². The van der Waals surface area contributed by atoms with Gasteiger partial charge in [0.15, 0.2) is 11.5 Å². The molecule has 0 aliphatic heterocycles. The zero-order valence-corrected chi connectivity index (χ0v) is 13.3. The highest BCUT2D eigenvalue weighted by Crippen LogP contribution is 2.14. The minimum Gasteiger partial charge on any atom is -0.476 e. The number of benzene rings is 2. The van der Waals surface area contributed by atoms with E-state index in [2.05, 4.69) is 5.10 Å². The number of rotatable bonds is 5. The zero-order valence-electron chi connectivity index (χ0n) is 13.3. The van der Waals surface area contributed by atoms with Gasteiger partial charge in [0.1, 0.15) is 18.2 Å². The third-order valence-corrected chi connectivity index (χ3v) is 3.80. The van der Waals surface area contributed by atoms with Gasteiger partial charge in [0.25, 0.3) is 5.56 Å². The molecule has 1 heterocycles. The van der Waals surface area contributed by atoms with E-state index in [-0.39, 0.29) is 28.5 Å². The molecule has 0 aliphatic carbocycles. The van der Waals surface area contributed by atoms with Crippen LogP contribution in [0, 0.1) is 11.6 Å². The number of Topliss-reactive ketones (excluding diaryl/α,β-unsaturated/α-hetero) is 1. The molecule has 0 fully saturated rings. The summed E-state index contributed by atoms with van der Waals surface area (Å²) in [7, 11) is 0. The number of carboxylic acid groups (broad SMARTS) is 1. The molecular formula is C18H12F2N2O4. The molecule has 3 rings (SSSR count). The van der Waals surface area contributed by atoms with E-state index in [9.17, 15) is 28.3 Å². The van der Waals surface area contributed by atoms with Crippen molar-refractivity contribution >= 4 is 22.5 Å². The van der Waals surface area contributed by atoms with E-state index in [0.717, 1.165) is 16.8 Å². The summed E-state index contributed by atoms with van der Waals surface area (Å²) in [5, 5.41) is 13.3. The van der Waals surface area contributed by atoms with E-state index in [4.69, 9.17) is 0 Å². The Morgan fingerprint density at radius 1 is 1.08 bits per heavy atom. The maximum absolute atomic E-state index is 13.7. The van der Waals surface area contributed by atoms with Gasteiger partial charge in [-0.05, 0) is 17.7 Å². The quantitative estimate of drug-likeness (QED) is 0.755. The van der Waals surface area contributed by atoms with Crippen molar-refractivity contribution in [1.82, 2.24) is 9.78 Å². The second-order valence-electron chi connectivity index (χ2n) is 5.61. The Hall–Kier alpha value is -3.42. The Labute approximate surface area is 145 Å². The third-order valence-electron chi connectivity index (χ3n) is 3.80. The molecule has 0 spiro atoms. The van der Waals surface area contributed by atoms with Gasteiger partial charge in [0.2, 0.25) is 0 Å². The number of ketones is 1. The molecule has 0 unspecified atom stereocenters. The van der Waals surface area contributed by atoms with Gasteiger partial charge in [0, 0.05) is 17.9 Å². The van der Waals surface area contributed by atoms with Crippen molar-refractivity contribution in [2.75, 3.05) is 0 Å². The fourth-order valence-corrected chi connectivity index (χ4v) is 2.60. The number of carboxylic acids is 1. The lowest BCUT2D eigenvalue weighted by Crippen LogP contribution is -2.29. The van der Waals surface area contributed by atoms with E-state index < -0.39 is 35.5 Å². The van der Waals surface area contributed by atoms with Crippen molar-refractivity contribution in [3.8, 4) is 0 Å². The zero-order chi connectivity index (χ0) is 18.8. The predicted octanol–water partition coefficient (Wildman–Crippen LogP) is 2.18. The molecule has 3 aromatic rings. The summed E-state index contributed by atoms with van der Waals surface area (Å²) in [6.07, 6.45) is -0.379. The first-order valence-corrected chi connectivity index (χ1v) is 7.55. The summed E-state index contributed by atoms with van der Waals surface area (Å²) < 4.78 is 27.3. The first-order valence-electron chi connectivity index (χ1n) is 7.55. The highest BCUT2D eigenvalue weighted by molar-refractivity contribution is 6.01. The molecule has 1 aromatic heterocycles. The fraction of sp³-hybridized carbons (Fsp3) is 0.111. The smallest absolute Gasteiger partial charge is 0.357 e. The van der Waals surface area contributed by atoms with Gasteiger partial charge >= 0.3 is 5.97 Å². The summed E-state index contributed by atoms with van der Waals surface area (Å²) in [5.41, 5.74) is -1.01. The maximum atomic E-state index is 13.7. The number of carbonyl (C=O) groups is 2. The molecule has 0 saturated carbocycles. The fourth-order valence-electron chi connectivity index (χ4n) is 2.60. The van der Waals surface area contributed by atoms with Crippen molar-refractivity contribution in [2.24, 2.45) is 0 Å². The van der Waals surface area contributed by atoms with Gasteiger partial charge in [-0.15, -0.1) is 0 Å². The van der Waals surface area contributed by atoms with Crippen LogP contribution in [0.15, 0.2) is 47.3 Å². The van der Waals surface area contributed by atoms with Crippen molar-refractivity contribution < 1.29 is 23.5 Å². The van der Waals surface area contributed by atoms with Crippen LogP contribution in [0.4, 0.5) is 8.78 Å². The number of fused-ring (bicyclic) bond motifs is 1. The SMILES string of the molecule is O=C(Cc1ccc(F)cc1F)Cn1nc(C(=O)O)c2ccccc2c1=O.